The molecule has 0 saturated carbocycles. The lowest BCUT2D eigenvalue weighted by atomic mass is 9.78. The summed E-state index contributed by atoms with van der Waals surface area (Å²) in [5.74, 6) is -0.0563. The zero-order valence-electron chi connectivity index (χ0n) is 16.0. The third kappa shape index (κ3) is 5.10. The summed E-state index contributed by atoms with van der Waals surface area (Å²) in [6, 6.07) is 18.7. The lowest BCUT2D eigenvalue weighted by molar-refractivity contribution is -0.136. The number of hydrogen-bond donors (Lipinski definition) is 2. The number of ether oxygens (including phenoxy) is 1. The number of carboxylic acids is 1. The van der Waals surface area contributed by atoms with Crippen LogP contribution in [0.5, 0.6) is 5.75 Å². The van der Waals surface area contributed by atoms with Crippen molar-refractivity contribution in [3.05, 3.63) is 76.8 Å². The zero-order valence-corrected chi connectivity index (χ0v) is 16.8. The molecular formula is C22H24N2O3S. The fourth-order valence-electron chi connectivity index (χ4n) is 2.94. The van der Waals surface area contributed by atoms with Crippen LogP contribution in [-0.2, 0) is 16.6 Å². The number of nitrogens with one attached hydrogen (secondary N) is 1. The number of hydrogen-bond acceptors (Lipinski definition) is 5. The minimum absolute atomic E-state index is 0.0552. The van der Waals surface area contributed by atoms with Crippen LogP contribution in [0.2, 0.25) is 0 Å². The molecule has 0 aliphatic carbocycles. The van der Waals surface area contributed by atoms with Crippen molar-refractivity contribution in [1.82, 2.24) is 4.98 Å². The van der Waals surface area contributed by atoms with Crippen LogP contribution >= 0.6 is 11.3 Å². The Morgan fingerprint density at radius 1 is 1.11 bits per heavy atom. The molecule has 0 atom stereocenters. The van der Waals surface area contributed by atoms with Crippen molar-refractivity contribution in [2.24, 2.45) is 0 Å². The number of anilines is 1. The van der Waals surface area contributed by atoms with E-state index in [1.54, 1.807) is 5.38 Å². The highest BCUT2D eigenvalue weighted by Crippen LogP contribution is 2.32. The van der Waals surface area contributed by atoms with Crippen LogP contribution < -0.4 is 10.1 Å². The summed E-state index contributed by atoms with van der Waals surface area (Å²) < 4.78 is 5.79. The van der Waals surface area contributed by atoms with E-state index in [1.807, 2.05) is 18.2 Å². The maximum absolute atomic E-state index is 10.7. The van der Waals surface area contributed by atoms with E-state index in [0.29, 0.717) is 24.0 Å². The van der Waals surface area contributed by atoms with Gasteiger partial charge in [0.05, 0.1) is 18.7 Å². The van der Waals surface area contributed by atoms with Crippen LogP contribution in [0.3, 0.4) is 0 Å². The van der Waals surface area contributed by atoms with Crippen molar-refractivity contribution in [2.75, 3.05) is 18.5 Å². The van der Waals surface area contributed by atoms with E-state index in [-0.39, 0.29) is 11.8 Å². The van der Waals surface area contributed by atoms with Crippen molar-refractivity contribution in [3.63, 3.8) is 0 Å². The highest BCUT2D eigenvalue weighted by molar-refractivity contribution is 7.13. The number of carbonyl (C=O) groups is 1. The third-order valence-electron chi connectivity index (χ3n) is 4.60. The molecule has 0 aliphatic heterocycles. The smallest absolute Gasteiger partial charge is 0.309 e. The summed E-state index contributed by atoms with van der Waals surface area (Å²) in [5.41, 5.74) is 3.01. The third-order valence-corrected chi connectivity index (χ3v) is 5.45. The van der Waals surface area contributed by atoms with E-state index in [4.69, 9.17) is 9.84 Å². The highest BCUT2D eigenvalue weighted by Gasteiger charge is 2.22. The van der Waals surface area contributed by atoms with Gasteiger partial charge >= 0.3 is 5.97 Å². The van der Waals surface area contributed by atoms with Gasteiger partial charge in [-0.15, -0.1) is 11.3 Å². The number of thiazole rings is 1. The Labute approximate surface area is 169 Å². The van der Waals surface area contributed by atoms with E-state index in [0.717, 1.165) is 5.75 Å². The minimum atomic E-state index is -0.876. The Hall–Kier alpha value is -2.86. The zero-order chi connectivity index (χ0) is 20.0. The van der Waals surface area contributed by atoms with E-state index >= 15 is 0 Å². The summed E-state index contributed by atoms with van der Waals surface area (Å²) >= 11 is 1.40. The van der Waals surface area contributed by atoms with Gasteiger partial charge in [-0.3, -0.25) is 4.79 Å². The first-order valence-corrected chi connectivity index (χ1v) is 10.0. The molecule has 3 rings (SSSR count). The highest BCUT2D eigenvalue weighted by atomic mass is 32.1. The molecule has 0 saturated heterocycles. The molecule has 2 N–H and O–H groups in total. The Kier molecular flexibility index (Phi) is 6.31. The van der Waals surface area contributed by atoms with E-state index in [9.17, 15) is 4.79 Å². The van der Waals surface area contributed by atoms with Gasteiger partial charge in [-0.2, -0.15) is 0 Å². The number of aliphatic carboxylic acids is 1. The SMILES string of the molecule is CC(C)(c1ccccc1)c1ccc(OCCNc2nc(CC(=O)O)cs2)cc1. The van der Waals surface area contributed by atoms with Crippen molar-refractivity contribution in [2.45, 2.75) is 25.7 Å². The van der Waals surface area contributed by atoms with Gasteiger partial charge in [-0.25, -0.2) is 4.98 Å². The summed E-state index contributed by atoms with van der Waals surface area (Å²) in [6.45, 7) is 5.52. The molecule has 5 nitrogen and oxygen atoms in total. The molecule has 0 unspecified atom stereocenters. The molecule has 3 aromatic rings. The Balaban J connectivity index is 1.49. The molecule has 146 valence electrons. The normalized spacial score (nSPS) is 11.2. The molecule has 0 radical (unpaired) electrons. The van der Waals surface area contributed by atoms with Crippen LogP contribution in [0.1, 0.15) is 30.7 Å². The second-order valence-corrected chi connectivity index (χ2v) is 7.86. The maximum atomic E-state index is 10.7. The predicted molar refractivity (Wildman–Crippen MR) is 112 cm³/mol. The van der Waals surface area contributed by atoms with Crippen LogP contribution in [-0.4, -0.2) is 29.2 Å². The van der Waals surface area contributed by atoms with Gasteiger partial charge < -0.3 is 15.2 Å². The van der Waals surface area contributed by atoms with Crippen LogP contribution in [0.25, 0.3) is 0 Å². The van der Waals surface area contributed by atoms with Gasteiger partial charge in [-0.1, -0.05) is 56.3 Å². The number of aromatic nitrogens is 1. The van der Waals surface area contributed by atoms with Crippen molar-refractivity contribution in [3.8, 4) is 5.75 Å². The van der Waals surface area contributed by atoms with Gasteiger partial charge in [0, 0.05) is 10.8 Å². The lowest BCUT2D eigenvalue weighted by Gasteiger charge is -2.26. The quantitative estimate of drug-likeness (QED) is 0.518. The van der Waals surface area contributed by atoms with Crippen LogP contribution in [0.15, 0.2) is 60.0 Å². The Bertz CT molecular complexity index is 905. The van der Waals surface area contributed by atoms with Gasteiger partial charge in [0.1, 0.15) is 12.4 Å². The second-order valence-electron chi connectivity index (χ2n) is 7.01. The van der Waals surface area contributed by atoms with E-state index in [2.05, 4.69) is 60.5 Å². The molecule has 0 fully saturated rings. The fraction of sp³-hybridized carbons (Fsp3) is 0.273. The summed E-state index contributed by atoms with van der Waals surface area (Å²) in [5, 5.41) is 14.4. The first-order chi connectivity index (χ1) is 13.4. The summed E-state index contributed by atoms with van der Waals surface area (Å²) in [7, 11) is 0. The van der Waals surface area contributed by atoms with E-state index < -0.39 is 5.97 Å². The van der Waals surface area contributed by atoms with Crippen molar-refractivity contribution >= 4 is 22.4 Å². The second kappa shape index (κ2) is 8.89. The van der Waals surface area contributed by atoms with E-state index in [1.165, 1.54) is 22.5 Å². The summed E-state index contributed by atoms with van der Waals surface area (Å²) in [6.07, 6.45) is -0.0552. The predicted octanol–water partition coefficient (Wildman–Crippen LogP) is 4.59. The van der Waals surface area contributed by atoms with Crippen LogP contribution in [0.4, 0.5) is 5.13 Å². The van der Waals surface area contributed by atoms with Crippen molar-refractivity contribution in [1.29, 1.82) is 0 Å². The molecule has 28 heavy (non-hydrogen) atoms. The number of rotatable bonds is 9. The molecule has 1 heterocycles. The standard InChI is InChI=1S/C22H24N2O3S/c1-22(2,16-6-4-3-5-7-16)17-8-10-19(11-9-17)27-13-12-23-21-24-18(15-28-21)14-20(25)26/h3-11,15H,12-14H2,1-2H3,(H,23,24)(H,25,26). The average molecular weight is 397 g/mol. The molecule has 1 aromatic heterocycles. The van der Waals surface area contributed by atoms with Crippen LogP contribution in [0, 0.1) is 0 Å². The number of carboxylic acid groups (broad SMARTS) is 1. The number of nitrogens with zero attached hydrogens (tertiary/aromatic N) is 1. The molecule has 0 spiro atoms. The first kappa shape index (κ1) is 19.9. The molecule has 0 amide bonds. The summed E-state index contributed by atoms with van der Waals surface area (Å²) in [4.78, 5) is 14.9. The Morgan fingerprint density at radius 3 is 2.46 bits per heavy atom. The minimum Gasteiger partial charge on any atom is -0.492 e. The molecule has 0 aliphatic rings. The fourth-order valence-corrected chi connectivity index (χ4v) is 3.68. The Morgan fingerprint density at radius 2 is 1.79 bits per heavy atom. The maximum Gasteiger partial charge on any atom is 0.309 e. The van der Waals surface area contributed by atoms with Gasteiger partial charge in [0.2, 0.25) is 0 Å². The molecule has 0 bridgehead atoms. The van der Waals surface area contributed by atoms with Gasteiger partial charge in [0.25, 0.3) is 0 Å². The lowest BCUT2D eigenvalue weighted by Crippen LogP contribution is -2.18. The average Bonchev–Trinajstić information content (AvgIpc) is 3.13. The molecule has 6 heteroatoms. The number of benzene rings is 2. The topological polar surface area (TPSA) is 71.5 Å². The first-order valence-electron chi connectivity index (χ1n) is 9.14. The molecule has 2 aromatic carbocycles. The largest absolute Gasteiger partial charge is 0.492 e. The monoisotopic (exact) mass is 396 g/mol. The molecular weight excluding hydrogens is 372 g/mol. The van der Waals surface area contributed by atoms with Gasteiger partial charge in [-0.05, 0) is 23.3 Å². The van der Waals surface area contributed by atoms with Gasteiger partial charge in [0.15, 0.2) is 5.13 Å². The van der Waals surface area contributed by atoms with Crippen molar-refractivity contribution < 1.29 is 14.6 Å².